The van der Waals surface area contributed by atoms with Crippen LogP contribution in [0.25, 0.3) is 0 Å². The Kier molecular flexibility index (Phi) is 5.15. The van der Waals surface area contributed by atoms with E-state index in [1.807, 2.05) is 31.2 Å². The molecular weight excluding hydrogens is 404 g/mol. The number of carbonyl (C=O) groups excluding carboxylic acids is 2. The maximum absolute atomic E-state index is 12.7. The van der Waals surface area contributed by atoms with Crippen LogP contribution in [0.4, 0.5) is 0 Å². The minimum absolute atomic E-state index is 0.0572. The summed E-state index contributed by atoms with van der Waals surface area (Å²) in [6, 6.07) is 7.03. The molecule has 1 aromatic rings. The van der Waals surface area contributed by atoms with Crippen molar-refractivity contribution in [2.24, 2.45) is 4.99 Å². The van der Waals surface area contributed by atoms with E-state index in [-0.39, 0.29) is 17.8 Å². The standard InChI is InChI=1S/C18H17BrN2O3S/c1-4-9-24-17(23)14-10(2)20-18-21(16(22)11(3)25-18)15(14)12-5-7-13(19)8-6-12/h4-8,11,15H,1,9H2,2-3H3/t11-,15+/m0/s1. The van der Waals surface area contributed by atoms with Gasteiger partial charge >= 0.3 is 5.97 Å². The van der Waals surface area contributed by atoms with Gasteiger partial charge in [0.1, 0.15) is 6.61 Å². The maximum Gasteiger partial charge on any atom is 0.338 e. The van der Waals surface area contributed by atoms with Crippen molar-refractivity contribution in [3.63, 3.8) is 0 Å². The molecule has 130 valence electrons. The molecule has 3 rings (SSSR count). The van der Waals surface area contributed by atoms with Crippen molar-refractivity contribution in [3.05, 3.63) is 58.2 Å². The number of ether oxygens (including phenoxy) is 1. The molecule has 2 atom stereocenters. The molecule has 0 unspecified atom stereocenters. The van der Waals surface area contributed by atoms with Crippen LogP contribution in [0.3, 0.4) is 0 Å². The van der Waals surface area contributed by atoms with Gasteiger partial charge in [-0.05, 0) is 31.5 Å². The second-order valence-corrected chi connectivity index (χ2v) is 7.93. The number of thioether (sulfide) groups is 1. The molecule has 1 aromatic carbocycles. The van der Waals surface area contributed by atoms with Crippen molar-refractivity contribution in [2.45, 2.75) is 25.1 Å². The number of amidine groups is 1. The molecule has 1 amide bonds. The van der Waals surface area contributed by atoms with Crippen LogP contribution < -0.4 is 0 Å². The largest absolute Gasteiger partial charge is 0.458 e. The zero-order valence-electron chi connectivity index (χ0n) is 13.9. The molecule has 2 aliphatic rings. The van der Waals surface area contributed by atoms with E-state index in [1.54, 1.807) is 11.8 Å². The van der Waals surface area contributed by atoms with Gasteiger partial charge < -0.3 is 4.74 Å². The highest BCUT2D eigenvalue weighted by Crippen LogP contribution is 2.43. The lowest BCUT2D eigenvalue weighted by atomic mass is 9.94. The van der Waals surface area contributed by atoms with Gasteiger partial charge in [0.15, 0.2) is 5.17 Å². The number of halogens is 1. The van der Waals surface area contributed by atoms with E-state index < -0.39 is 12.0 Å². The predicted octanol–water partition coefficient (Wildman–Crippen LogP) is 3.83. The minimum Gasteiger partial charge on any atom is -0.458 e. The van der Waals surface area contributed by atoms with Crippen molar-refractivity contribution in [1.82, 2.24) is 4.90 Å². The Morgan fingerprint density at radius 3 is 2.76 bits per heavy atom. The van der Waals surface area contributed by atoms with E-state index in [4.69, 9.17) is 4.74 Å². The van der Waals surface area contributed by atoms with Gasteiger partial charge in [0, 0.05) is 4.47 Å². The lowest BCUT2D eigenvalue weighted by Crippen LogP contribution is -2.40. The summed E-state index contributed by atoms with van der Waals surface area (Å²) in [5, 5.41) is 0.399. The summed E-state index contributed by atoms with van der Waals surface area (Å²) in [7, 11) is 0. The smallest absolute Gasteiger partial charge is 0.338 e. The van der Waals surface area contributed by atoms with Crippen LogP contribution in [0.5, 0.6) is 0 Å². The van der Waals surface area contributed by atoms with Gasteiger partial charge in [-0.2, -0.15) is 0 Å². The van der Waals surface area contributed by atoms with E-state index in [1.165, 1.54) is 17.8 Å². The van der Waals surface area contributed by atoms with Crippen molar-refractivity contribution >= 4 is 44.7 Å². The Labute approximate surface area is 159 Å². The number of nitrogens with zero attached hydrogens (tertiary/aromatic N) is 2. The number of fused-ring (bicyclic) bond motifs is 1. The number of amides is 1. The molecule has 0 aromatic heterocycles. The number of aliphatic imine (C=N–C) groups is 1. The highest BCUT2D eigenvalue weighted by atomic mass is 79.9. The quantitative estimate of drug-likeness (QED) is 0.548. The van der Waals surface area contributed by atoms with Crippen molar-refractivity contribution in [1.29, 1.82) is 0 Å². The summed E-state index contributed by atoms with van der Waals surface area (Å²) in [6.45, 7) is 7.29. The fourth-order valence-corrected chi connectivity index (χ4v) is 4.13. The highest BCUT2D eigenvalue weighted by Gasteiger charge is 2.46. The Hall–Kier alpha value is -1.86. The Morgan fingerprint density at radius 2 is 2.12 bits per heavy atom. The average molecular weight is 421 g/mol. The fraction of sp³-hybridized carbons (Fsp3) is 0.278. The van der Waals surface area contributed by atoms with Crippen LogP contribution in [-0.4, -0.2) is 33.8 Å². The predicted molar refractivity (Wildman–Crippen MR) is 102 cm³/mol. The fourth-order valence-electron chi connectivity index (χ4n) is 2.84. The molecule has 0 radical (unpaired) electrons. The molecule has 2 aliphatic heterocycles. The van der Waals surface area contributed by atoms with E-state index in [0.29, 0.717) is 16.4 Å². The van der Waals surface area contributed by atoms with Gasteiger partial charge in [-0.15, -0.1) is 0 Å². The van der Waals surface area contributed by atoms with Gasteiger partial charge in [-0.25, -0.2) is 9.79 Å². The van der Waals surface area contributed by atoms with Gasteiger partial charge in [0.25, 0.3) is 0 Å². The molecule has 0 bridgehead atoms. The van der Waals surface area contributed by atoms with Crippen LogP contribution in [0.15, 0.2) is 57.7 Å². The maximum atomic E-state index is 12.7. The van der Waals surface area contributed by atoms with Gasteiger partial charge in [0.05, 0.1) is 22.6 Å². The third-order valence-corrected chi connectivity index (χ3v) is 5.58. The van der Waals surface area contributed by atoms with Crippen LogP contribution in [0.2, 0.25) is 0 Å². The van der Waals surface area contributed by atoms with Gasteiger partial charge in [-0.1, -0.05) is 52.5 Å². The molecule has 0 aliphatic carbocycles. The molecule has 25 heavy (non-hydrogen) atoms. The monoisotopic (exact) mass is 420 g/mol. The first-order valence-corrected chi connectivity index (χ1v) is 9.44. The molecule has 0 spiro atoms. The third-order valence-electron chi connectivity index (χ3n) is 4.00. The molecule has 7 heteroatoms. The lowest BCUT2D eigenvalue weighted by molar-refractivity contribution is -0.139. The molecule has 0 saturated carbocycles. The highest BCUT2D eigenvalue weighted by molar-refractivity contribution is 9.10. The van der Waals surface area contributed by atoms with Gasteiger partial charge in [-0.3, -0.25) is 9.69 Å². The molecule has 1 fully saturated rings. The summed E-state index contributed by atoms with van der Waals surface area (Å²) in [5.74, 6) is -0.538. The van der Waals surface area contributed by atoms with Crippen LogP contribution in [0, 0.1) is 0 Å². The number of rotatable bonds is 4. The van der Waals surface area contributed by atoms with Crippen LogP contribution in [-0.2, 0) is 14.3 Å². The number of carbonyl (C=O) groups is 2. The first-order chi connectivity index (χ1) is 11.9. The zero-order chi connectivity index (χ0) is 18.1. The number of hydrogen-bond donors (Lipinski definition) is 0. The second kappa shape index (κ2) is 7.17. The number of allylic oxidation sites excluding steroid dienone is 1. The Bertz CT molecular complexity index is 801. The number of esters is 1. The second-order valence-electron chi connectivity index (χ2n) is 5.70. The summed E-state index contributed by atoms with van der Waals surface area (Å²) in [6.07, 6.45) is 1.51. The molecule has 1 saturated heterocycles. The zero-order valence-corrected chi connectivity index (χ0v) is 16.3. The van der Waals surface area contributed by atoms with Crippen molar-refractivity contribution in [2.75, 3.05) is 6.61 Å². The number of benzene rings is 1. The van der Waals surface area contributed by atoms with Gasteiger partial charge in [0.2, 0.25) is 5.91 Å². The van der Waals surface area contributed by atoms with Crippen LogP contribution >= 0.6 is 27.7 Å². The van der Waals surface area contributed by atoms with E-state index >= 15 is 0 Å². The van der Waals surface area contributed by atoms with Crippen molar-refractivity contribution in [3.8, 4) is 0 Å². The SMILES string of the molecule is C=CCOC(=O)C1=C(C)N=C2S[C@@H](C)C(=O)N2[C@@H]1c1ccc(Br)cc1. The normalized spacial score (nSPS) is 22.6. The average Bonchev–Trinajstić information content (AvgIpc) is 2.86. The summed E-state index contributed by atoms with van der Waals surface area (Å²) >= 11 is 4.82. The molecular formula is C18H17BrN2O3S. The lowest BCUT2D eigenvalue weighted by Gasteiger charge is -2.33. The van der Waals surface area contributed by atoms with E-state index in [0.717, 1.165) is 10.0 Å². The topological polar surface area (TPSA) is 59.0 Å². The first kappa shape index (κ1) is 17.9. The third kappa shape index (κ3) is 3.30. The Balaban J connectivity index is 2.11. The first-order valence-electron chi connectivity index (χ1n) is 7.76. The summed E-state index contributed by atoms with van der Waals surface area (Å²) in [4.78, 5) is 31.4. The summed E-state index contributed by atoms with van der Waals surface area (Å²) in [5.41, 5.74) is 1.79. The Morgan fingerprint density at radius 1 is 1.44 bits per heavy atom. The van der Waals surface area contributed by atoms with Crippen LogP contribution in [0.1, 0.15) is 25.5 Å². The van der Waals surface area contributed by atoms with E-state index in [2.05, 4.69) is 27.5 Å². The molecule has 0 N–H and O–H groups in total. The summed E-state index contributed by atoms with van der Waals surface area (Å²) < 4.78 is 6.17. The minimum atomic E-state index is -0.539. The molecule has 5 nitrogen and oxygen atoms in total. The molecule has 2 heterocycles. The van der Waals surface area contributed by atoms with Crippen molar-refractivity contribution < 1.29 is 14.3 Å². The number of hydrogen-bond acceptors (Lipinski definition) is 5. The van der Waals surface area contributed by atoms with E-state index in [9.17, 15) is 9.59 Å².